The topological polar surface area (TPSA) is 88.0 Å². The largest absolute Gasteiger partial charge is 0.394 e. The van der Waals surface area contributed by atoms with E-state index in [-0.39, 0.29) is 43.0 Å². The molecule has 0 spiro atoms. The van der Waals surface area contributed by atoms with Crippen molar-refractivity contribution in [1.29, 1.82) is 0 Å². The predicted octanol–water partition coefficient (Wildman–Crippen LogP) is 2.48. The van der Waals surface area contributed by atoms with E-state index in [2.05, 4.69) is 29.3 Å². The van der Waals surface area contributed by atoms with Crippen LogP contribution in [-0.4, -0.2) is 58.8 Å². The molecule has 6 heteroatoms. The molecule has 3 N–H and O–H groups in total. The molecule has 0 radical (unpaired) electrons. The average molecular weight is 442 g/mol. The quantitative estimate of drug-likeness (QED) is 0.611. The zero-order chi connectivity index (χ0) is 22.6. The van der Waals surface area contributed by atoms with Gasteiger partial charge in [0.2, 0.25) is 5.91 Å². The molecule has 2 aliphatic heterocycles. The number of carbonyl (C=O) groups excluding carboxylic acids is 1. The summed E-state index contributed by atoms with van der Waals surface area (Å²) in [6.07, 6.45) is 7.40. The lowest BCUT2D eigenvalue weighted by Gasteiger charge is -2.45. The number of rotatable bonds is 5. The molecule has 4 rings (SSSR count). The third-order valence-corrected chi connectivity index (χ3v) is 6.97. The number of aliphatic hydroxyl groups excluding tert-OH is 1. The Balaban J connectivity index is 1.35. The second kappa shape index (κ2) is 10.4. The first-order valence-electron chi connectivity index (χ1n) is 12.0. The molecule has 32 heavy (non-hydrogen) atoms. The maximum absolute atomic E-state index is 11.8. The van der Waals surface area contributed by atoms with Gasteiger partial charge in [0, 0.05) is 12.5 Å². The van der Waals surface area contributed by atoms with Gasteiger partial charge in [-0.1, -0.05) is 24.0 Å². The molecule has 2 heterocycles. The van der Waals surface area contributed by atoms with Gasteiger partial charge in [0.1, 0.15) is 5.60 Å². The van der Waals surface area contributed by atoms with Crippen LogP contribution in [0.15, 0.2) is 24.3 Å². The molecule has 0 bridgehead atoms. The van der Waals surface area contributed by atoms with E-state index in [1.807, 2.05) is 12.1 Å². The van der Waals surface area contributed by atoms with Crippen LogP contribution in [-0.2, 0) is 20.7 Å². The van der Waals surface area contributed by atoms with Crippen LogP contribution in [0, 0.1) is 11.8 Å². The van der Waals surface area contributed by atoms with Crippen molar-refractivity contribution in [2.24, 2.45) is 0 Å². The van der Waals surface area contributed by atoms with Crippen molar-refractivity contribution in [3.05, 3.63) is 35.4 Å². The molecule has 0 aromatic heterocycles. The molecule has 1 amide bonds. The number of aryl methyl sites for hydroxylation is 1. The van der Waals surface area contributed by atoms with Crippen molar-refractivity contribution < 1.29 is 24.5 Å². The zero-order valence-electron chi connectivity index (χ0n) is 18.9. The number of hydrogen-bond donors (Lipinski definition) is 3. The van der Waals surface area contributed by atoms with Gasteiger partial charge in [0.05, 0.1) is 37.1 Å². The van der Waals surface area contributed by atoms with Crippen LogP contribution in [0.5, 0.6) is 0 Å². The van der Waals surface area contributed by atoms with E-state index in [1.165, 1.54) is 12.5 Å². The van der Waals surface area contributed by atoms with Gasteiger partial charge in [0.25, 0.3) is 0 Å². The first-order chi connectivity index (χ1) is 15.4. The summed E-state index contributed by atoms with van der Waals surface area (Å²) in [5.74, 6) is 6.11. The number of benzene rings is 1. The van der Waals surface area contributed by atoms with Crippen molar-refractivity contribution in [3.8, 4) is 11.8 Å². The fourth-order valence-electron chi connectivity index (χ4n) is 5.18. The lowest BCUT2D eigenvalue weighted by molar-refractivity contribution is -0.202. The lowest BCUT2D eigenvalue weighted by Crippen LogP contribution is -2.57. The summed E-state index contributed by atoms with van der Waals surface area (Å²) < 4.78 is 12.4. The van der Waals surface area contributed by atoms with E-state index >= 15 is 0 Å². The highest BCUT2D eigenvalue weighted by Crippen LogP contribution is 2.33. The van der Waals surface area contributed by atoms with Gasteiger partial charge in [-0.15, -0.1) is 0 Å². The normalized spacial score (nSPS) is 31.3. The van der Waals surface area contributed by atoms with Gasteiger partial charge in [-0.05, 0) is 75.5 Å². The average Bonchev–Trinajstić information content (AvgIpc) is 3.23. The predicted molar refractivity (Wildman–Crippen MR) is 121 cm³/mol. The van der Waals surface area contributed by atoms with Gasteiger partial charge in [-0.3, -0.25) is 4.79 Å². The Morgan fingerprint density at radius 3 is 2.59 bits per heavy atom. The fraction of sp³-hybridized carbons (Fsp3) is 0.654. The summed E-state index contributed by atoms with van der Waals surface area (Å²) in [7, 11) is 0. The third-order valence-electron chi connectivity index (χ3n) is 6.97. The van der Waals surface area contributed by atoms with Crippen LogP contribution >= 0.6 is 0 Å². The Bertz CT molecular complexity index is 836. The lowest BCUT2D eigenvalue weighted by atomic mass is 9.88. The molecule has 174 valence electrons. The Morgan fingerprint density at radius 2 is 1.91 bits per heavy atom. The van der Waals surface area contributed by atoms with Gasteiger partial charge in [0.15, 0.2) is 0 Å². The number of aliphatic hydroxyl groups is 2. The summed E-state index contributed by atoms with van der Waals surface area (Å²) in [5.41, 5.74) is 1.30. The number of amides is 1. The van der Waals surface area contributed by atoms with E-state index in [0.29, 0.717) is 6.42 Å². The van der Waals surface area contributed by atoms with Gasteiger partial charge in [-0.2, -0.15) is 0 Å². The van der Waals surface area contributed by atoms with Crippen LogP contribution in [0.3, 0.4) is 0 Å². The van der Waals surface area contributed by atoms with Gasteiger partial charge in [-0.25, -0.2) is 0 Å². The molecule has 1 aromatic carbocycles. The Hall–Kier alpha value is -1.91. The summed E-state index contributed by atoms with van der Waals surface area (Å²) >= 11 is 0. The van der Waals surface area contributed by atoms with E-state index in [0.717, 1.165) is 56.9 Å². The van der Waals surface area contributed by atoms with Gasteiger partial charge >= 0.3 is 0 Å². The van der Waals surface area contributed by atoms with E-state index in [9.17, 15) is 15.0 Å². The monoisotopic (exact) mass is 441 g/mol. The van der Waals surface area contributed by atoms with Crippen LogP contribution in [0.4, 0.5) is 0 Å². The third kappa shape index (κ3) is 5.90. The molecule has 1 aromatic rings. The maximum atomic E-state index is 11.8. The molecule has 3 fully saturated rings. The molecule has 5 atom stereocenters. The Kier molecular flexibility index (Phi) is 7.52. The maximum Gasteiger partial charge on any atom is 0.217 e. The fourth-order valence-corrected chi connectivity index (χ4v) is 5.18. The SMILES string of the molecule is CC(=O)N[C@H]1C[C@@H]2O[C@@H](CO)CC[C@@H]2O[C@@H]1CCc1ccc(C#CC2(O)CCCC2)cc1. The molecule has 1 aliphatic carbocycles. The first kappa shape index (κ1) is 23.3. The standard InChI is InChI=1S/C26H35NO5/c1-18(29)27-22-16-25-24(11-9-21(17-28)31-25)32-23(22)10-8-19-4-6-20(7-5-19)12-15-26(30)13-2-3-14-26/h4-7,21-25,28,30H,2-3,8-11,13-14,16-17H2,1H3,(H,27,29)/t21-,22+,23-,24+,25+/m1/s1. The first-order valence-corrected chi connectivity index (χ1v) is 12.0. The van der Waals surface area contributed by atoms with Crippen LogP contribution < -0.4 is 5.32 Å². The smallest absolute Gasteiger partial charge is 0.217 e. The number of ether oxygens (including phenoxy) is 2. The van der Waals surface area contributed by atoms with Gasteiger partial charge < -0.3 is 25.0 Å². The van der Waals surface area contributed by atoms with Crippen molar-refractivity contribution >= 4 is 5.91 Å². The molecular weight excluding hydrogens is 406 g/mol. The van der Waals surface area contributed by atoms with E-state index < -0.39 is 5.60 Å². The Labute approximate surface area is 190 Å². The number of nitrogens with one attached hydrogen (secondary N) is 1. The highest BCUT2D eigenvalue weighted by atomic mass is 16.6. The summed E-state index contributed by atoms with van der Waals surface area (Å²) in [5, 5.41) is 22.9. The van der Waals surface area contributed by atoms with Crippen molar-refractivity contribution in [3.63, 3.8) is 0 Å². The molecular formula is C26H35NO5. The molecule has 3 aliphatic rings. The summed E-state index contributed by atoms with van der Waals surface area (Å²) in [6, 6.07) is 8.08. The highest BCUT2D eigenvalue weighted by molar-refractivity contribution is 5.73. The van der Waals surface area contributed by atoms with Crippen LogP contribution in [0.25, 0.3) is 0 Å². The van der Waals surface area contributed by atoms with Crippen LogP contribution in [0.2, 0.25) is 0 Å². The summed E-state index contributed by atoms with van der Waals surface area (Å²) in [6.45, 7) is 1.56. The number of fused-ring (bicyclic) bond motifs is 1. The zero-order valence-corrected chi connectivity index (χ0v) is 18.9. The minimum absolute atomic E-state index is 0.0202. The van der Waals surface area contributed by atoms with Crippen molar-refractivity contribution in [2.45, 2.75) is 101 Å². The van der Waals surface area contributed by atoms with Crippen LogP contribution in [0.1, 0.15) is 69.4 Å². The van der Waals surface area contributed by atoms with Crippen molar-refractivity contribution in [1.82, 2.24) is 5.32 Å². The molecule has 2 saturated heterocycles. The number of carbonyl (C=O) groups is 1. The van der Waals surface area contributed by atoms with E-state index in [4.69, 9.17) is 9.47 Å². The minimum Gasteiger partial charge on any atom is -0.394 e. The molecule has 6 nitrogen and oxygen atoms in total. The molecule has 1 saturated carbocycles. The molecule has 0 unspecified atom stereocenters. The van der Waals surface area contributed by atoms with E-state index in [1.54, 1.807) is 0 Å². The highest BCUT2D eigenvalue weighted by Gasteiger charge is 2.42. The summed E-state index contributed by atoms with van der Waals surface area (Å²) in [4.78, 5) is 11.8. The number of hydrogen-bond acceptors (Lipinski definition) is 5. The minimum atomic E-state index is -0.812. The second-order valence-corrected chi connectivity index (χ2v) is 9.54. The van der Waals surface area contributed by atoms with Crippen molar-refractivity contribution in [2.75, 3.05) is 6.61 Å². The second-order valence-electron chi connectivity index (χ2n) is 9.54. The Morgan fingerprint density at radius 1 is 1.16 bits per heavy atom.